The van der Waals surface area contributed by atoms with E-state index in [1.54, 1.807) is 25.1 Å². The quantitative estimate of drug-likeness (QED) is 0.368. The third kappa shape index (κ3) is 5.08. The Kier molecular flexibility index (Phi) is 7.01. The molecule has 0 saturated carbocycles. The van der Waals surface area contributed by atoms with Crippen molar-refractivity contribution in [1.29, 1.82) is 0 Å². The van der Waals surface area contributed by atoms with Crippen LogP contribution >= 0.6 is 31.9 Å². The minimum Gasteiger partial charge on any atom is -0.503 e. The van der Waals surface area contributed by atoms with Crippen molar-refractivity contribution in [1.82, 2.24) is 10.2 Å². The van der Waals surface area contributed by atoms with E-state index in [4.69, 9.17) is 4.74 Å². The second kappa shape index (κ2) is 9.52. The Labute approximate surface area is 195 Å². The first kappa shape index (κ1) is 22.8. The van der Waals surface area contributed by atoms with Gasteiger partial charge in [-0.2, -0.15) is 0 Å². The molecule has 1 heterocycles. The number of aryl methyl sites for hydroxylation is 1. The Bertz CT molecular complexity index is 1100. The first-order valence-electron chi connectivity index (χ1n) is 9.26. The number of hydrogen-bond donors (Lipinski definition) is 3. The molecule has 0 unspecified atom stereocenters. The lowest BCUT2D eigenvalue weighted by Crippen LogP contribution is -2.38. The summed E-state index contributed by atoms with van der Waals surface area (Å²) in [5.74, 6) is -1.01. The van der Waals surface area contributed by atoms with E-state index < -0.39 is 24.4 Å². The van der Waals surface area contributed by atoms with Crippen molar-refractivity contribution in [3.05, 3.63) is 56.1 Å². The summed E-state index contributed by atoms with van der Waals surface area (Å²) < 4.78 is 6.21. The summed E-state index contributed by atoms with van der Waals surface area (Å²) in [6.45, 7) is 3.56. The van der Waals surface area contributed by atoms with Crippen molar-refractivity contribution in [3.8, 4) is 11.5 Å². The molecular weight excluding hydrogens is 534 g/mol. The van der Waals surface area contributed by atoms with Crippen molar-refractivity contribution >= 4 is 61.5 Å². The second-order valence-electron chi connectivity index (χ2n) is 6.67. The number of anilines is 1. The van der Waals surface area contributed by atoms with Gasteiger partial charge in [0, 0.05) is 10.2 Å². The number of nitrogens with one attached hydrogen (secondary N) is 2. The molecule has 0 aliphatic carbocycles. The molecule has 1 fully saturated rings. The van der Waals surface area contributed by atoms with Gasteiger partial charge in [-0.3, -0.25) is 9.59 Å². The van der Waals surface area contributed by atoms with E-state index in [1.807, 2.05) is 13.0 Å². The van der Waals surface area contributed by atoms with Crippen LogP contribution in [0.25, 0.3) is 6.08 Å². The van der Waals surface area contributed by atoms with Gasteiger partial charge in [0.25, 0.3) is 5.91 Å². The number of halogens is 2. The number of phenolic OH excluding ortho intramolecular Hbond substituents is 1. The number of imide groups is 1. The topological polar surface area (TPSA) is 108 Å². The van der Waals surface area contributed by atoms with Crippen LogP contribution in [0.1, 0.15) is 18.1 Å². The van der Waals surface area contributed by atoms with Crippen LogP contribution in [-0.2, 0) is 9.59 Å². The molecule has 1 saturated heterocycles. The molecule has 162 valence electrons. The van der Waals surface area contributed by atoms with Gasteiger partial charge in [-0.05, 0) is 81.1 Å². The molecule has 3 rings (SSSR count). The average Bonchev–Trinajstić information content (AvgIpc) is 2.97. The van der Waals surface area contributed by atoms with E-state index in [1.165, 1.54) is 12.1 Å². The van der Waals surface area contributed by atoms with E-state index >= 15 is 0 Å². The summed E-state index contributed by atoms with van der Waals surface area (Å²) in [6.07, 6.45) is 1.44. The highest BCUT2D eigenvalue weighted by molar-refractivity contribution is 9.13. The Hall–Kier alpha value is -2.85. The lowest BCUT2D eigenvalue weighted by molar-refractivity contribution is -0.127. The summed E-state index contributed by atoms with van der Waals surface area (Å²) in [5, 5.41) is 15.3. The van der Waals surface area contributed by atoms with Gasteiger partial charge in [-0.15, -0.1) is 0 Å². The molecule has 2 aromatic carbocycles. The summed E-state index contributed by atoms with van der Waals surface area (Å²) >= 11 is 6.61. The van der Waals surface area contributed by atoms with Gasteiger partial charge in [0.2, 0.25) is 5.91 Å². The fraction of sp³-hybridized carbons (Fsp3) is 0.190. The molecule has 4 amide bonds. The maximum Gasteiger partial charge on any atom is 0.329 e. The van der Waals surface area contributed by atoms with Gasteiger partial charge in [0.1, 0.15) is 12.2 Å². The molecule has 31 heavy (non-hydrogen) atoms. The summed E-state index contributed by atoms with van der Waals surface area (Å²) in [4.78, 5) is 38.2. The highest BCUT2D eigenvalue weighted by Crippen LogP contribution is 2.42. The first-order valence-corrected chi connectivity index (χ1v) is 10.8. The van der Waals surface area contributed by atoms with E-state index in [-0.39, 0.29) is 17.2 Å². The number of aromatic hydroxyl groups is 1. The van der Waals surface area contributed by atoms with Crippen LogP contribution in [0, 0.1) is 6.92 Å². The maximum absolute atomic E-state index is 12.7. The number of ether oxygens (including phenoxy) is 1. The van der Waals surface area contributed by atoms with Crippen LogP contribution in [0.15, 0.2) is 45.0 Å². The molecule has 1 aliphatic heterocycles. The monoisotopic (exact) mass is 551 g/mol. The van der Waals surface area contributed by atoms with Crippen LogP contribution < -0.4 is 15.4 Å². The molecule has 2 aromatic rings. The molecular formula is C21H19Br2N3O5. The minimum atomic E-state index is -0.699. The fourth-order valence-electron chi connectivity index (χ4n) is 2.92. The standard InChI is InChI=1S/C21H19Br2N3O5/c1-3-31-15-9-12(17(22)18(23)19(15)28)8-14-20(29)26(21(30)25-14)10-16(27)24-13-6-4-5-11(2)7-13/h4-9,28H,3,10H2,1-2H3,(H,24,27)(H,25,30)/b14-8+. The van der Waals surface area contributed by atoms with Crippen molar-refractivity contribution in [2.75, 3.05) is 18.5 Å². The summed E-state index contributed by atoms with van der Waals surface area (Å²) in [5.41, 5.74) is 2.03. The van der Waals surface area contributed by atoms with Crippen LogP contribution in [0.3, 0.4) is 0 Å². The van der Waals surface area contributed by atoms with Crippen LogP contribution in [0.5, 0.6) is 11.5 Å². The van der Waals surface area contributed by atoms with E-state index in [2.05, 4.69) is 42.5 Å². The Morgan fingerprint density at radius 1 is 1.26 bits per heavy atom. The van der Waals surface area contributed by atoms with Gasteiger partial charge in [-0.1, -0.05) is 12.1 Å². The highest BCUT2D eigenvalue weighted by atomic mass is 79.9. The molecule has 0 aromatic heterocycles. The minimum absolute atomic E-state index is 0.00547. The van der Waals surface area contributed by atoms with Gasteiger partial charge in [0.05, 0.1) is 11.1 Å². The summed E-state index contributed by atoms with van der Waals surface area (Å²) in [6, 6.07) is 8.02. The SMILES string of the molecule is CCOc1cc(/C=C2/NC(=O)N(CC(=O)Nc3cccc(C)c3)C2=O)c(Br)c(Br)c1O. The normalized spacial score (nSPS) is 14.7. The zero-order valence-corrected chi connectivity index (χ0v) is 19.8. The predicted octanol–water partition coefficient (Wildman–Crippen LogP) is 4.16. The smallest absolute Gasteiger partial charge is 0.329 e. The summed E-state index contributed by atoms with van der Waals surface area (Å²) in [7, 11) is 0. The lowest BCUT2D eigenvalue weighted by atomic mass is 10.1. The molecule has 8 nitrogen and oxygen atoms in total. The number of urea groups is 1. The van der Waals surface area contributed by atoms with Gasteiger partial charge < -0.3 is 20.5 Å². The largest absolute Gasteiger partial charge is 0.503 e. The fourth-order valence-corrected chi connectivity index (χ4v) is 3.76. The predicted molar refractivity (Wildman–Crippen MR) is 123 cm³/mol. The molecule has 0 radical (unpaired) electrons. The number of benzene rings is 2. The molecule has 3 N–H and O–H groups in total. The third-order valence-electron chi connectivity index (χ3n) is 4.34. The number of rotatable bonds is 6. The van der Waals surface area contributed by atoms with Crippen molar-refractivity contribution < 1.29 is 24.2 Å². The first-order chi connectivity index (χ1) is 14.7. The molecule has 0 spiro atoms. The van der Waals surface area contributed by atoms with E-state index in [0.717, 1.165) is 10.5 Å². The number of phenols is 1. The lowest BCUT2D eigenvalue weighted by Gasteiger charge is -2.12. The van der Waals surface area contributed by atoms with Crippen molar-refractivity contribution in [3.63, 3.8) is 0 Å². The van der Waals surface area contributed by atoms with Gasteiger partial charge in [0.15, 0.2) is 11.5 Å². The molecule has 0 atom stereocenters. The Balaban J connectivity index is 1.80. The Morgan fingerprint density at radius 2 is 2.00 bits per heavy atom. The molecule has 0 bridgehead atoms. The highest BCUT2D eigenvalue weighted by Gasteiger charge is 2.35. The van der Waals surface area contributed by atoms with Crippen LogP contribution in [0.4, 0.5) is 10.5 Å². The van der Waals surface area contributed by atoms with E-state index in [0.29, 0.717) is 26.8 Å². The average molecular weight is 553 g/mol. The van der Waals surface area contributed by atoms with Crippen LogP contribution in [-0.4, -0.2) is 41.0 Å². The zero-order chi connectivity index (χ0) is 22.7. The van der Waals surface area contributed by atoms with Gasteiger partial charge >= 0.3 is 6.03 Å². The third-order valence-corrected chi connectivity index (χ3v) is 6.50. The molecule has 10 heteroatoms. The number of nitrogens with zero attached hydrogens (tertiary/aromatic N) is 1. The zero-order valence-electron chi connectivity index (χ0n) is 16.7. The van der Waals surface area contributed by atoms with E-state index in [9.17, 15) is 19.5 Å². The number of hydrogen-bond acceptors (Lipinski definition) is 5. The van der Waals surface area contributed by atoms with Gasteiger partial charge in [-0.25, -0.2) is 9.69 Å². The van der Waals surface area contributed by atoms with Crippen LogP contribution in [0.2, 0.25) is 0 Å². The van der Waals surface area contributed by atoms with Crippen molar-refractivity contribution in [2.45, 2.75) is 13.8 Å². The Morgan fingerprint density at radius 3 is 2.68 bits per heavy atom. The number of carbonyl (C=O) groups excluding carboxylic acids is 3. The second-order valence-corrected chi connectivity index (χ2v) is 8.26. The maximum atomic E-state index is 12.7. The van der Waals surface area contributed by atoms with Crippen molar-refractivity contribution in [2.24, 2.45) is 0 Å². The number of amides is 4. The molecule has 1 aliphatic rings. The number of carbonyl (C=O) groups is 3.